The molecule has 19 heavy (non-hydrogen) atoms. The van der Waals surface area contributed by atoms with E-state index in [9.17, 15) is 14.7 Å². The van der Waals surface area contributed by atoms with Crippen LogP contribution in [0.15, 0.2) is 16.7 Å². The van der Waals surface area contributed by atoms with Gasteiger partial charge >= 0.3 is 0 Å². The van der Waals surface area contributed by atoms with Crippen molar-refractivity contribution in [2.24, 2.45) is 5.73 Å². The van der Waals surface area contributed by atoms with Gasteiger partial charge in [-0.2, -0.15) is 0 Å². The van der Waals surface area contributed by atoms with E-state index < -0.39 is 11.5 Å². The molecule has 1 aliphatic rings. The number of hydrogen-bond acceptors (Lipinski definition) is 4. The van der Waals surface area contributed by atoms with Crippen molar-refractivity contribution >= 4 is 11.8 Å². The zero-order valence-electron chi connectivity index (χ0n) is 10.9. The molecule has 3 N–H and O–H groups in total. The maximum atomic E-state index is 12.4. The van der Waals surface area contributed by atoms with E-state index in [0.29, 0.717) is 30.7 Å². The number of amides is 2. The Balaban J connectivity index is 2.18. The molecule has 1 aromatic rings. The average molecular weight is 266 g/mol. The molecule has 1 aliphatic heterocycles. The molecule has 0 bridgehead atoms. The van der Waals surface area contributed by atoms with E-state index in [1.807, 2.05) is 6.92 Å². The lowest BCUT2D eigenvalue weighted by Crippen LogP contribution is -2.57. The fraction of sp³-hybridized carbons (Fsp3) is 0.538. The summed E-state index contributed by atoms with van der Waals surface area (Å²) in [6.45, 7) is 2.34. The Bertz CT molecular complexity index is 497. The lowest BCUT2D eigenvalue weighted by molar-refractivity contribution is -0.140. The van der Waals surface area contributed by atoms with Crippen LogP contribution in [0.3, 0.4) is 0 Å². The van der Waals surface area contributed by atoms with Gasteiger partial charge in [0.2, 0.25) is 0 Å². The second-order valence-corrected chi connectivity index (χ2v) is 4.84. The van der Waals surface area contributed by atoms with Gasteiger partial charge in [-0.15, -0.1) is 0 Å². The van der Waals surface area contributed by atoms with Gasteiger partial charge in [0.15, 0.2) is 5.60 Å². The van der Waals surface area contributed by atoms with Crippen molar-refractivity contribution in [1.29, 1.82) is 0 Å². The van der Waals surface area contributed by atoms with Crippen LogP contribution in [-0.2, 0) is 11.2 Å². The number of rotatable bonds is 3. The van der Waals surface area contributed by atoms with Crippen molar-refractivity contribution in [2.45, 2.75) is 31.8 Å². The average Bonchev–Trinajstić information content (AvgIpc) is 2.86. The minimum atomic E-state index is -1.62. The first kappa shape index (κ1) is 13.6. The van der Waals surface area contributed by atoms with E-state index in [1.165, 1.54) is 11.2 Å². The highest BCUT2D eigenvalue weighted by Gasteiger charge is 2.40. The van der Waals surface area contributed by atoms with Crippen LogP contribution in [0.5, 0.6) is 0 Å². The van der Waals surface area contributed by atoms with Gasteiger partial charge in [0.25, 0.3) is 11.8 Å². The first-order valence-electron chi connectivity index (χ1n) is 6.36. The van der Waals surface area contributed by atoms with Crippen molar-refractivity contribution in [1.82, 2.24) is 4.90 Å². The molecule has 6 nitrogen and oxygen atoms in total. The van der Waals surface area contributed by atoms with Crippen LogP contribution >= 0.6 is 0 Å². The van der Waals surface area contributed by atoms with Crippen LogP contribution in [0.1, 0.15) is 35.9 Å². The Labute approximate surface area is 111 Å². The summed E-state index contributed by atoms with van der Waals surface area (Å²) < 4.78 is 5.22. The Morgan fingerprint density at radius 1 is 1.58 bits per heavy atom. The lowest BCUT2D eigenvalue weighted by atomic mass is 9.92. The van der Waals surface area contributed by atoms with Gasteiger partial charge in [0, 0.05) is 13.0 Å². The van der Waals surface area contributed by atoms with E-state index >= 15 is 0 Å². The van der Waals surface area contributed by atoms with Crippen molar-refractivity contribution in [2.75, 3.05) is 13.1 Å². The molecule has 0 saturated carbocycles. The highest BCUT2D eigenvalue weighted by molar-refractivity contribution is 5.96. The fourth-order valence-electron chi connectivity index (χ4n) is 2.39. The number of primary amides is 1. The third-order valence-corrected chi connectivity index (χ3v) is 3.51. The molecule has 6 heteroatoms. The van der Waals surface area contributed by atoms with Crippen molar-refractivity contribution < 1.29 is 19.1 Å². The van der Waals surface area contributed by atoms with Crippen LogP contribution < -0.4 is 5.73 Å². The largest absolute Gasteiger partial charge is 0.469 e. The molecule has 0 aromatic carbocycles. The fourth-order valence-corrected chi connectivity index (χ4v) is 2.39. The van der Waals surface area contributed by atoms with E-state index in [4.69, 9.17) is 10.2 Å². The molecule has 2 rings (SSSR count). The zero-order chi connectivity index (χ0) is 14.0. The predicted molar refractivity (Wildman–Crippen MR) is 67.4 cm³/mol. The Kier molecular flexibility index (Phi) is 3.61. The maximum absolute atomic E-state index is 12.4. The Morgan fingerprint density at radius 2 is 2.32 bits per heavy atom. The number of likely N-dealkylation sites (tertiary alicyclic amines) is 1. The molecule has 1 saturated heterocycles. The van der Waals surface area contributed by atoms with E-state index in [2.05, 4.69) is 0 Å². The number of β-amino-alcohol motifs (C(OH)–C–C–N with tert-alkyl or cyclic N) is 1. The van der Waals surface area contributed by atoms with Crippen LogP contribution in [-0.4, -0.2) is 40.5 Å². The second kappa shape index (κ2) is 5.05. The number of nitrogens with zero attached hydrogens (tertiary/aromatic N) is 1. The lowest BCUT2D eigenvalue weighted by Gasteiger charge is -2.36. The highest BCUT2D eigenvalue weighted by atomic mass is 16.3. The van der Waals surface area contributed by atoms with Gasteiger partial charge in [0.05, 0.1) is 18.4 Å². The molecule has 1 aromatic heterocycles. The number of nitrogens with two attached hydrogens (primary N) is 1. The summed E-state index contributed by atoms with van der Waals surface area (Å²) in [6, 6.07) is 1.61. The van der Waals surface area contributed by atoms with E-state index in [0.717, 1.165) is 0 Å². The molecule has 0 spiro atoms. The number of furan rings is 1. The van der Waals surface area contributed by atoms with E-state index in [-0.39, 0.29) is 18.9 Å². The SMILES string of the molecule is CCc1occc1C(=O)N1CCC[C@](O)(C(N)=O)C1. The van der Waals surface area contributed by atoms with Gasteiger partial charge < -0.3 is 20.2 Å². The van der Waals surface area contributed by atoms with Gasteiger partial charge in [0.1, 0.15) is 5.76 Å². The van der Waals surface area contributed by atoms with Gasteiger partial charge in [-0.05, 0) is 18.9 Å². The molecule has 2 amide bonds. The summed E-state index contributed by atoms with van der Waals surface area (Å²) in [4.78, 5) is 25.1. The second-order valence-electron chi connectivity index (χ2n) is 4.84. The van der Waals surface area contributed by atoms with Crippen LogP contribution in [0.25, 0.3) is 0 Å². The normalized spacial score (nSPS) is 23.4. The summed E-state index contributed by atoms with van der Waals surface area (Å²) in [5.74, 6) is -0.406. The summed E-state index contributed by atoms with van der Waals surface area (Å²) >= 11 is 0. The first-order valence-corrected chi connectivity index (χ1v) is 6.36. The summed E-state index contributed by atoms with van der Waals surface area (Å²) in [6.07, 6.45) is 2.92. The van der Waals surface area contributed by atoms with Gasteiger partial charge in [-0.25, -0.2) is 0 Å². The topological polar surface area (TPSA) is 96.8 Å². The third kappa shape index (κ3) is 2.49. The van der Waals surface area contributed by atoms with Crippen LogP contribution in [0, 0.1) is 0 Å². The Morgan fingerprint density at radius 3 is 2.95 bits per heavy atom. The number of aliphatic hydroxyl groups is 1. The quantitative estimate of drug-likeness (QED) is 0.822. The molecule has 1 fully saturated rings. The molecule has 0 aliphatic carbocycles. The van der Waals surface area contributed by atoms with Gasteiger partial charge in [-0.1, -0.05) is 6.92 Å². The number of carbonyl (C=O) groups is 2. The number of hydrogen-bond donors (Lipinski definition) is 2. The van der Waals surface area contributed by atoms with Gasteiger partial charge in [-0.3, -0.25) is 9.59 Å². The summed E-state index contributed by atoms with van der Waals surface area (Å²) in [7, 11) is 0. The van der Waals surface area contributed by atoms with E-state index in [1.54, 1.807) is 6.07 Å². The van der Waals surface area contributed by atoms with Crippen molar-refractivity contribution in [3.63, 3.8) is 0 Å². The molecule has 2 heterocycles. The molecule has 0 radical (unpaired) electrons. The molecule has 104 valence electrons. The highest BCUT2D eigenvalue weighted by Crippen LogP contribution is 2.23. The summed E-state index contributed by atoms with van der Waals surface area (Å²) in [5, 5.41) is 10.1. The Hall–Kier alpha value is -1.82. The number of carbonyl (C=O) groups excluding carboxylic acids is 2. The zero-order valence-corrected chi connectivity index (χ0v) is 10.9. The van der Waals surface area contributed by atoms with Crippen molar-refractivity contribution in [3.8, 4) is 0 Å². The molecule has 1 atom stereocenters. The van der Waals surface area contributed by atoms with Crippen molar-refractivity contribution in [3.05, 3.63) is 23.7 Å². The predicted octanol–water partition coefficient (Wildman–Crippen LogP) is 0.294. The van der Waals surface area contributed by atoms with Crippen LogP contribution in [0.4, 0.5) is 0 Å². The minimum Gasteiger partial charge on any atom is -0.469 e. The standard InChI is InChI=1S/C13H18N2O4/c1-2-10-9(4-7-19-10)11(16)15-6-3-5-13(18,8-15)12(14)17/h4,7,18H,2-3,5-6,8H2,1H3,(H2,14,17)/t13-/m1/s1. The first-order chi connectivity index (χ1) is 8.98. The third-order valence-electron chi connectivity index (χ3n) is 3.51. The maximum Gasteiger partial charge on any atom is 0.257 e. The van der Waals surface area contributed by atoms with Crippen LogP contribution in [0.2, 0.25) is 0 Å². The number of piperidine rings is 1. The molecular weight excluding hydrogens is 248 g/mol. The minimum absolute atomic E-state index is 0.0600. The monoisotopic (exact) mass is 266 g/mol. The smallest absolute Gasteiger partial charge is 0.257 e. The molecular formula is C13H18N2O4. The summed E-state index contributed by atoms with van der Waals surface area (Å²) in [5.41, 5.74) is 4.05. The molecule has 0 unspecified atom stereocenters. The number of aryl methyl sites for hydroxylation is 1.